The molecule has 206 valence electrons. The highest BCUT2D eigenvalue weighted by molar-refractivity contribution is 5.76. The third-order valence-electron chi connectivity index (χ3n) is 8.49. The van der Waals surface area contributed by atoms with Gasteiger partial charge in [0.05, 0.1) is 11.5 Å². The summed E-state index contributed by atoms with van der Waals surface area (Å²) in [6.45, 7) is 6.66. The van der Waals surface area contributed by atoms with E-state index in [0.29, 0.717) is 23.1 Å². The maximum absolute atomic E-state index is 12.9. The summed E-state index contributed by atoms with van der Waals surface area (Å²) in [5, 5.41) is 9.60. The minimum Gasteiger partial charge on any atom is -0.425 e. The van der Waals surface area contributed by atoms with E-state index in [9.17, 15) is 10.1 Å². The Kier molecular flexibility index (Phi) is 12.9. The van der Waals surface area contributed by atoms with Crippen molar-refractivity contribution >= 4 is 5.97 Å². The van der Waals surface area contributed by atoms with Crippen LogP contribution in [0, 0.1) is 23.2 Å². The van der Waals surface area contributed by atoms with Crippen molar-refractivity contribution in [2.24, 2.45) is 11.8 Å². The molecule has 1 aliphatic rings. The van der Waals surface area contributed by atoms with Crippen LogP contribution in [0.5, 0.6) is 5.75 Å². The molecule has 0 N–H and O–H groups in total. The van der Waals surface area contributed by atoms with Crippen LogP contribution in [0.4, 0.5) is 0 Å². The summed E-state index contributed by atoms with van der Waals surface area (Å²) in [7, 11) is 0. The summed E-state index contributed by atoms with van der Waals surface area (Å²) >= 11 is 0. The first-order valence-corrected chi connectivity index (χ1v) is 15.4. The summed E-state index contributed by atoms with van der Waals surface area (Å²) in [6, 6.07) is 17.1. The Morgan fingerprint density at radius 3 is 2.16 bits per heavy atom. The van der Waals surface area contributed by atoms with E-state index in [1.165, 1.54) is 68.9 Å². The molecule has 0 aromatic heterocycles. The number of hydrogen-bond donors (Lipinski definition) is 0. The molecular formula is C35H49NO2. The van der Waals surface area contributed by atoms with Crippen molar-refractivity contribution in [3.05, 3.63) is 64.7 Å². The lowest BCUT2D eigenvalue weighted by Gasteiger charge is -2.27. The average molecular weight is 516 g/mol. The van der Waals surface area contributed by atoms with Gasteiger partial charge in [-0.05, 0) is 85.6 Å². The molecule has 2 aromatic rings. The number of aryl methyl sites for hydroxylation is 1. The van der Waals surface area contributed by atoms with Gasteiger partial charge >= 0.3 is 5.97 Å². The lowest BCUT2D eigenvalue weighted by molar-refractivity contribution is -0.140. The zero-order valence-corrected chi connectivity index (χ0v) is 24.1. The SMILES string of the molecule is CCCCCCCCCCc1ccc(C2CCC(C(=O)Oc3ccc(CC(C)CC)cc3C#N)CC2)cc1. The molecular weight excluding hydrogens is 466 g/mol. The molecule has 1 atom stereocenters. The Morgan fingerprint density at radius 1 is 0.895 bits per heavy atom. The van der Waals surface area contributed by atoms with Crippen LogP contribution in [0.1, 0.15) is 132 Å². The van der Waals surface area contributed by atoms with Gasteiger partial charge in [-0.25, -0.2) is 0 Å². The Morgan fingerprint density at radius 2 is 1.53 bits per heavy atom. The molecule has 38 heavy (non-hydrogen) atoms. The standard InChI is InChI=1S/C35H49NO2/c1-4-6-7-8-9-10-11-12-13-28-14-17-30(18-15-28)31-19-21-32(22-20-31)35(37)38-34-23-16-29(24-27(3)5-2)25-33(34)26-36/h14-18,23,25,27,31-32H,4-13,19-22,24H2,1-3H3. The quantitative estimate of drug-likeness (QED) is 0.135. The Bertz CT molecular complexity index is 1010. The third-order valence-corrected chi connectivity index (χ3v) is 8.49. The van der Waals surface area contributed by atoms with Crippen LogP contribution in [0.25, 0.3) is 0 Å². The van der Waals surface area contributed by atoms with Gasteiger partial charge < -0.3 is 4.74 Å². The van der Waals surface area contributed by atoms with Crippen LogP contribution in [0.3, 0.4) is 0 Å². The molecule has 0 radical (unpaired) electrons. The van der Waals surface area contributed by atoms with Gasteiger partial charge in [0.25, 0.3) is 0 Å². The predicted molar refractivity (Wildman–Crippen MR) is 157 cm³/mol. The van der Waals surface area contributed by atoms with E-state index >= 15 is 0 Å². The molecule has 2 aromatic carbocycles. The lowest BCUT2D eigenvalue weighted by atomic mass is 9.78. The van der Waals surface area contributed by atoms with Crippen molar-refractivity contribution in [1.82, 2.24) is 0 Å². The van der Waals surface area contributed by atoms with Crippen molar-refractivity contribution in [3.63, 3.8) is 0 Å². The zero-order valence-electron chi connectivity index (χ0n) is 24.1. The fourth-order valence-corrected chi connectivity index (χ4v) is 5.70. The van der Waals surface area contributed by atoms with E-state index in [0.717, 1.165) is 44.1 Å². The number of carbonyl (C=O) groups excluding carboxylic acids is 1. The van der Waals surface area contributed by atoms with Crippen LogP contribution >= 0.6 is 0 Å². The zero-order chi connectivity index (χ0) is 27.2. The molecule has 0 bridgehead atoms. The smallest absolute Gasteiger partial charge is 0.314 e. The number of unbranched alkanes of at least 4 members (excludes halogenated alkanes) is 7. The summed E-state index contributed by atoms with van der Waals surface area (Å²) in [6.07, 6.45) is 17.8. The molecule has 1 fully saturated rings. The van der Waals surface area contributed by atoms with Crippen molar-refractivity contribution < 1.29 is 9.53 Å². The normalized spacial score (nSPS) is 18.1. The summed E-state index contributed by atoms with van der Waals surface area (Å²) in [5.41, 5.74) is 4.43. The predicted octanol–water partition coefficient (Wildman–Crippen LogP) is 9.71. The van der Waals surface area contributed by atoms with Gasteiger partial charge in [0, 0.05) is 0 Å². The average Bonchev–Trinajstić information content (AvgIpc) is 2.95. The Balaban J connectivity index is 1.41. The van der Waals surface area contributed by atoms with Crippen molar-refractivity contribution in [2.75, 3.05) is 0 Å². The van der Waals surface area contributed by atoms with E-state index in [1.54, 1.807) is 6.07 Å². The number of carbonyl (C=O) groups is 1. The van der Waals surface area contributed by atoms with Gasteiger partial charge in [0.15, 0.2) is 0 Å². The van der Waals surface area contributed by atoms with Gasteiger partial charge in [-0.1, -0.05) is 102 Å². The first-order valence-electron chi connectivity index (χ1n) is 15.4. The second-order valence-corrected chi connectivity index (χ2v) is 11.6. The van der Waals surface area contributed by atoms with Gasteiger partial charge in [0.1, 0.15) is 11.8 Å². The molecule has 3 heteroatoms. The summed E-state index contributed by atoms with van der Waals surface area (Å²) in [5.74, 6) is 1.22. The Hall–Kier alpha value is -2.60. The molecule has 1 unspecified atom stereocenters. The number of nitriles is 1. The summed E-state index contributed by atoms with van der Waals surface area (Å²) < 4.78 is 5.74. The monoisotopic (exact) mass is 515 g/mol. The fourth-order valence-electron chi connectivity index (χ4n) is 5.70. The van der Waals surface area contributed by atoms with E-state index in [2.05, 4.69) is 51.1 Å². The number of benzene rings is 2. The van der Waals surface area contributed by atoms with Gasteiger partial charge in [0.2, 0.25) is 0 Å². The minimum atomic E-state index is -0.185. The van der Waals surface area contributed by atoms with E-state index in [-0.39, 0.29) is 11.9 Å². The number of rotatable bonds is 15. The van der Waals surface area contributed by atoms with Crippen LogP contribution in [-0.4, -0.2) is 5.97 Å². The van der Waals surface area contributed by atoms with Crippen LogP contribution in [0.2, 0.25) is 0 Å². The second kappa shape index (κ2) is 16.4. The van der Waals surface area contributed by atoms with Crippen LogP contribution in [-0.2, 0) is 17.6 Å². The highest BCUT2D eigenvalue weighted by Gasteiger charge is 2.29. The summed E-state index contributed by atoms with van der Waals surface area (Å²) in [4.78, 5) is 12.9. The molecule has 3 rings (SSSR count). The van der Waals surface area contributed by atoms with Crippen LogP contribution in [0.15, 0.2) is 42.5 Å². The van der Waals surface area contributed by atoms with Crippen molar-refractivity contribution in [1.29, 1.82) is 5.26 Å². The molecule has 0 amide bonds. The highest BCUT2D eigenvalue weighted by atomic mass is 16.5. The van der Waals surface area contributed by atoms with E-state index < -0.39 is 0 Å². The van der Waals surface area contributed by atoms with Crippen molar-refractivity contribution in [2.45, 2.75) is 123 Å². The first kappa shape index (κ1) is 29.9. The van der Waals surface area contributed by atoms with E-state index in [4.69, 9.17) is 4.74 Å². The molecule has 0 heterocycles. The van der Waals surface area contributed by atoms with Gasteiger partial charge in [-0.3, -0.25) is 4.79 Å². The molecule has 1 saturated carbocycles. The second-order valence-electron chi connectivity index (χ2n) is 11.6. The largest absolute Gasteiger partial charge is 0.425 e. The Labute approximate surface area is 232 Å². The number of ether oxygens (including phenoxy) is 1. The molecule has 3 nitrogen and oxygen atoms in total. The highest BCUT2D eigenvalue weighted by Crippen LogP contribution is 2.37. The topological polar surface area (TPSA) is 50.1 Å². The number of nitrogens with zero attached hydrogens (tertiary/aromatic N) is 1. The number of esters is 1. The number of hydrogen-bond acceptors (Lipinski definition) is 3. The fraction of sp³-hybridized carbons (Fsp3) is 0.600. The lowest BCUT2D eigenvalue weighted by Crippen LogP contribution is -2.25. The van der Waals surface area contributed by atoms with Gasteiger partial charge in [-0.15, -0.1) is 0 Å². The third kappa shape index (κ3) is 9.61. The van der Waals surface area contributed by atoms with Crippen molar-refractivity contribution in [3.8, 4) is 11.8 Å². The molecule has 0 aliphatic heterocycles. The maximum atomic E-state index is 12.9. The van der Waals surface area contributed by atoms with E-state index in [1.807, 2.05) is 12.1 Å². The first-order chi connectivity index (χ1) is 18.5. The van der Waals surface area contributed by atoms with Crippen LogP contribution < -0.4 is 4.74 Å². The molecule has 0 spiro atoms. The maximum Gasteiger partial charge on any atom is 0.314 e. The molecule has 1 aliphatic carbocycles. The molecule has 0 saturated heterocycles. The minimum absolute atomic E-state index is 0.0844. The van der Waals surface area contributed by atoms with Gasteiger partial charge in [-0.2, -0.15) is 5.26 Å².